The average molecular weight is 443 g/mol. The average Bonchev–Trinajstić information content (AvgIpc) is 3.11. The molecule has 0 spiro atoms. The quantitative estimate of drug-likeness (QED) is 0.166. The lowest BCUT2D eigenvalue weighted by atomic mass is 10.0. The molecule has 0 unspecified atom stereocenters. The number of unbranched alkanes of at least 4 members (excludes halogenated alkanes) is 15. The van der Waals surface area contributed by atoms with Gasteiger partial charge in [0.25, 0.3) is 0 Å². The fourth-order valence-corrected chi connectivity index (χ4v) is 4.20. The van der Waals surface area contributed by atoms with Crippen molar-refractivity contribution in [2.24, 2.45) is 0 Å². The largest absolute Gasteiger partial charge is 0.394 e. The van der Waals surface area contributed by atoms with Gasteiger partial charge in [-0.3, -0.25) is 0 Å². The van der Waals surface area contributed by atoms with Crippen LogP contribution >= 0.6 is 0 Å². The highest BCUT2D eigenvalue weighted by atomic mass is 16.6. The molecule has 0 bridgehead atoms. The van der Waals surface area contributed by atoms with Crippen LogP contribution in [-0.2, 0) is 9.47 Å². The molecule has 184 valence electrons. The second-order valence-electron chi connectivity index (χ2n) is 9.12. The number of aliphatic hydroxyl groups excluding tert-OH is 3. The normalized spacial score (nSPS) is 22.5. The number of ether oxygens (including phenoxy) is 2. The van der Waals surface area contributed by atoms with Gasteiger partial charge in [0, 0.05) is 0 Å². The predicted octanol–water partition coefficient (Wildman–Crippen LogP) is 5.30. The van der Waals surface area contributed by atoms with Gasteiger partial charge in [-0.1, -0.05) is 109 Å². The van der Waals surface area contributed by atoms with Crippen LogP contribution in [0.15, 0.2) is 12.2 Å². The van der Waals surface area contributed by atoms with Gasteiger partial charge in [-0.05, 0) is 12.8 Å². The monoisotopic (exact) mass is 442 g/mol. The van der Waals surface area contributed by atoms with Crippen molar-refractivity contribution in [3.05, 3.63) is 12.2 Å². The third-order valence-corrected chi connectivity index (χ3v) is 6.28. The Hall–Kier alpha value is -0.460. The standard InChI is InChI=1S/C26H50O5/c1-2-3-4-5-6-7-8-9-10-11-12-13-14-15-16-17-18-19-20-30-24(21-27)26-25(29)23(28)22-31-26/h18-19,23-29H,2-17,20-22H2,1H3/b19-18+/t23-,24+,25+,26+/m1/s1. The van der Waals surface area contributed by atoms with Crippen LogP contribution < -0.4 is 0 Å². The third kappa shape index (κ3) is 14.3. The van der Waals surface area contributed by atoms with E-state index >= 15 is 0 Å². The number of hydrogen-bond acceptors (Lipinski definition) is 5. The lowest BCUT2D eigenvalue weighted by molar-refractivity contribution is -0.0942. The minimum absolute atomic E-state index is 0.0841. The van der Waals surface area contributed by atoms with Gasteiger partial charge in [0.1, 0.15) is 24.4 Å². The summed E-state index contributed by atoms with van der Waals surface area (Å²) in [5, 5.41) is 28.8. The Morgan fingerprint density at radius 1 is 0.806 bits per heavy atom. The van der Waals surface area contributed by atoms with Crippen LogP contribution in [0.5, 0.6) is 0 Å². The van der Waals surface area contributed by atoms with Crippen LogP contribution in [0.3, 0.4) is 0 Å². The molecule has 1 fully saturated rings. The molecule has 0 amide bonds. The van der Waals surface area contributed by atoms with Crippen molar-refractivity contribution in [2.75, 3.05) is 19.8 Å². The molecule has 0 radical (unpaired) electrons. The maximum atomic E-state index is 9.83. The van der Waals surface area contributed by atoms with Crippen LogP contribution in [0.25, 0.3) is 0 Å². The summed E-state index contributed by atoms with van der Waals surface area (Å²) in [6.07, 6.45) is 22.6. The van der Waals surface area contributed by atoms with Crippen molar-refractivity contribution in [2.45, 2.75) is 134 Å². The summed E-state index contributed by atoms with van der Waals surface area (Å²) >= 11 is 0. The molecular formula is C26H50O5. The molecule has 1 aliphatic heterocycles. The first-order valence-corrected chi connectivity index (χ1v) is 13.1. The molecule has 1 saturated heterocycles. The molecule has 5 nitrogen and oxygen atoms in total. The summed E-state index contributed by atoms with van der Waals surface area (Å²) in [5.41, 5.74) is 0. The van der Waals surface area contributed by atoms with Gasteiger partial charge in [0.05, 0.1) is 19.8 Å². The molecule has 0 saturated carbocycles. The van der Waals surface area contributed by atoms with Gasteiger partial charge < -0.3 is 24.8 Å². The highest BCUT2D eigenvalue weighted by molar-refractivity contribution is 4.89. The van der Waals surface area contributed by atoms with Crippen molar-refractivity contribution in [1.29, 1.82) is 0 Å². The van der Waals surface area contributed by atoms with Gasteiger partial charge in [0.2, 0.25) is 0 Å². The highest BCUT2D eigenvalue weighted by Crippen LogP contribution is 2.19. The molecule has 0 aliphatic carbocycles. The first kappa shape index (κ1) is 28.6. The minimum Gasteiger partial charge on any atom is -0.394 e. The maximum absolute atomic E-state index is 9.83. The van der Waals surface area contributed by atoms with E-state index in [-0.39, 0.29) is 13.2 Å². The Balaban J connectivity index is 1.83. The van der Waals surface area contributed by atoms with Crippen molar-refractivity contribution in [3.63, 3.8) is 0 Å². The van der Waals surface area contributed by atoms with E-state index in [1.165, 1.54) is 96.3 Å². The van der Waals surface area contributed by atoms with E-state index in [4.69, 9.17) is 9.47 Å². The molecule has 4 atom stereocenters. The summed E-state index contributed by atoms with van der Waals surface area (Å²) in [6.45, 7) is 2.51. The van der Waals surface area contributed by atoms with Crippen LogP contribution in [0.2, 0.25) is 0 Å². The van der Waals surface area contributed by atoms with Crippen LogP contribution in [0, 0.1) is 0 Å². The van der Waals surface area contributed by atoms with Gasteiger partial charge >= 0.3 is 0 Å². The van der Waals surface area contributed by atoms with E-state index in [1.807, 2.05) is 6.08 Å². The van der Waals surface area contributed by atoms with Crippen molar-refractivity contribution < 1.29 is 24.8 Å². The minimum atomic E-state index is -0.999. The van der Waals surface area contributed by atoms with Crippen LogP contribution in [0.4, 0.5) is 0 Å². The number of hydrogen-bond donors (Lipinski definition) is 3. The third-order valence-electron chi connectivity index (χ3n) is 6.28. The molecule has 5 heteroatoms. The summed E-state index contributed by atoms with van der Waals surface area (Å²) in [4.78, 5) is 0. The number of rotatable bonds is 21. The predicted molar refractivity (Wildman–Crippen MR) is 127 cm³/mol. The van der Waals surface area contributed by atoms with E-state index in [2.05, 4.69) is 13.0 Å². The zero-order valence-corrected chi connectivity index (χ0v) is 20.1. The summed E-state index contributed by atoms with van der Waals surface area (Å²) in [7, 11) is 0. The molecular weight excluding hydrogens is 392 g/mol. The van der Waals surface area contributed by atoms with E-state index in [1.54, 1.807) is 0 Å². The fourth-order valence-electron chi connectivity index (χ4n) is 4.20. The maximum Gasteiger partial charge on any atom is 0.114 e. The Labute approximate surface area is 191 Å². The highest BCUT2D eigenvalue weighted by Gasteiger charge is 2.40. The summed E-state index contributed by atoms with van der Waals surface area (Å²) < 4.78 is 10.9. The van der Waals surface area contributed by atoms with Crippen LogP contribution in [0.1, 0.15) is 110 Å². The molecule has 0 aromatic carbocycles. The number of allylic oxidation sites excluding steroid dienone is 1. The second kappa shape index (κ2) is 20.2. The molecule has 1 aliphatic rings. The summed E-state index contributed by atoms with van der Waals surface area (Å²) in [6, 6.07) is 0. The Morgan fingerprint density at radius 3 is 1.77 bits per heavy atom. The van der Waals surface area contributed by atoms with Gasteiger partial charge in [-0.15, -0.1) is 0 Å². The fraction of sp³-hybridized carbons (Fsp3) is 0.923. The van der Waals surface area contributed by atoms with Crippen molar-refractivity contribution in [3.8, 4) is 0 Å². The summed E-state index contributed by atoms with van der Waals surface area (Å²) in [5.74, 6) is 0. The smallest absolute Gasteiger partial charge is 0.114 e. The number of aliphatic hydroxyl groups is 3. The van der Waals surface area contributed by atoms with Crippen molar-refractivity contribution in [1.82, 2.24) is 0 Å². The Bertz CT molecular complexity index is 415. The Morgan fingerprint density at radius 2 is 1.32 bits per heavy atom. The molecule has 0 aromatic rings. The second-order valence-corrected chi connectivity index (χ2v) is 9.12. The van der Waals surface area contributed by atoms with E-state index < -0.39 is 24.4 Å². The first-order chi connectivity index (χ1) is 15.2. The van der Waals surface area contributed by atoms with E-state index in [9.17, 15) is 15.3 Å². The molecule has 31 heavy (non-hydrogen) atoms. The van der Waals surface area contributed by atoms with Gasteiger partial charge in [0.15, 0.2) is 0 Å². The lowest BCUT2D eigenvalue weighted by Crippen LogP contribution is -2.42. The van der Waals surface area contributed by atoms with Crippen molar-refractivity contribution >= 4 is 0 Å². The zero-order valence-electron chi connectivity index (χ0n) is 20.1. The van der Waals surface area contributed by atoms with Gasteiger partial charge in [-0.25, -0.2) is 0 Å². The molecule has 1 heterocycles. The molecule has 0 aromatic heterocycles. The van der Waals surface area contributed by atoms with Gasteiger partial charge in [-0.2, -0.15) is 0 Å². The SMILES string of the molecule is CCCCCCCCCCCCCCCCC/C=C/CO[C@@H](CO)[C@@H]1OC[C@@H](O)[C@@H]1O. The van der Waals surface area contributed by atoms with Crippen LogP contribution in [-0.4, -0.2) is 59.6 Å². The first-order valence-electron chi connectivity index (χ1n) is 13.1. The molecule has 1 rings (SSSR count). The topological polar surface area (TPSA) is 79.2 Å². The molecule has 3 N–H and O–H groups in total. The lowest BCUT2D eigenvalue weighted by Gasteiger charge is -2.23. The van der Waals surface area contributed by atoms with E-state index in [0.29, 0.717) is 6.61 Å². The zero-order chi connectivity index (χ0) is 22.6. The Kier molecular flexibility index (Phi) is 18.6. The van der Waals surface area contributed by atoms with E-state index in [0.717, 1.165) is 6.42 Å².